The Morgan fingerprint density at radius 3 is 2.05 bits per heavy atom. The minimum absolute atomic E-state index is 0.210. The van der Waals surface area contributed by atoms with Crippen LogP contribution in [0.3, 0.4) is 0 Å². The minimum Gasteiger partial charge on any atom is -0.364 e. The van der Waals surface area contributed by atoms with Gasteiger partial charge in [-0.25, -0.2) is 0 Å². The van der Waals surface area contributed by atoms with Crippen molar-refractivity contribution in [2.45, 2.75) is 78.1 Å². The van der Waals surface area contributed by atoms with Crippen molar-refractivity contribution in [1.29, 1.82) is 0 Å². The molecule has 0 aliphatic heterocycles. The first kappa shape index (κ1) is 18.8. The van der Waals surface area contributed by atoms with Crippen LogP contribution in [0.15, 0.2) is 0 Å². The van der Waals surface area contributed by atoms with Gasteiger partial charge in [0.2, 0.25) is 0 Å². The normalized spacial score (nSPS) is 28.1. The van der Waals surface area contributed by atoms with E-state index < -0.39 is 18.4 Å². The van der Waals surface area contributed by atoms with Gasteiger partial charge >= 0.3 is 6.18 Å². The molecule has 5 heteroatoms. The van der Waals surface area contributed by atoms with Gasteiger partial charge in [0.25, 0.3) is 0 Å². The lowest BCUT2D eigenvalue weighted by atomic mass is 9.68. The predicted octanol–water partition coefficient (Wildman–Crippen LogP) is 4.54. The summed E-state index contributed by atoms with van der Waals surface area (Å²) < 4.78 is 42.9. The van der Waals surface area contributed by atoms with Gasteiger partial charge in [0.05, 0.1) is 5.60 Å². The fourth-order valence-electron chi connectivity index (χ4n) is 3.01. The van der Waals surface area contributed by atoms with E-state index in [2.05, 4.69) is 26.1 Å². The van der Waals surface area contributed by atoms with E-state index in [4.69, 9.17) is 4.74 Å². The van der Waals surface area contributed by atoms with Crippen LogP contribution in [-0.2, 0) is 4.74 Å². The van der Waals surface area contributed by atoms with E-state index in [0.29, 0.717) is 25.3 Å². The molecule has 1 fully saturated rings. The summed E-state index contributed by atoms with van der Waals surface area (Å²) >= 11 is 0. The summed E-state index contributed by atoms with van der Waals surface area (Å²) in [4.78, 5) is 0. The molecule has 0 spiro atoms. The first-order valence-electron chi connectivity index (χ1n) is 7.88. The second-order valence-corrected chi connectivity index (χ2v) is 7.76. The van der Waals surface area contributed by atoms with E-state index in [-0.39, 0.29) is 11.5 Å². The Bertz CT molecular complexity index is 312. The molecule has 2 nitrogen and oxygen atoms in total. The molecule has 21 heavy (non-hydrogen) atoms. The zero-order chi connectivity index (χ0) is 16.3. The molecule has 1 aliphatic carbocycles. The molecular formula is C16H30F3NO. The topological polar surface area (TPSA) is 21.3 Å². The van der Waals surface area contributed by atoms with Crippen molar-refractivity contribution in [2.24, 2.45) is 11.3 Å². The highest BCUT2D eigenvalue weighted by molar-refractivity contribution is 4.92. The van der Waals surface area contributed by atoms with Crippen LogP contribution in [0.5, 0.6) is 0 Å². The van der Waals surface area contributed by atoms with Gasteiger partial charge < -0.3 is 10.1 Å². The van der Waals surface area contributed by atoms with Crippen LogP contribution >= 0.6 is 0 Å². The summed E-state index contributed by atoms with van der Waals surface area (Å²) in [6.07, 6.45) is -0.997. The first-order valence-corrected chi connectivity index (χ1v) is 7.88. The average molecular weight is 309 g/mol. The number of ether oxygens (including phenoxy) is 1. The molecule has 0 aromatic heterocycles. The average Bonchev–Trinajstić information content (AvgIpc) is 2.33. The molecule has 0 amide bonds. The molecule has 1 rings (SSSR count). The van der Waals surface area contributed by atoms with Crippen molar-refractivity contribution in [3.05, 3.63) is 0 Å². The maximum atomic E-state index is 12.5. The zero-order valence-corrected chi connectivity index (χ0v) is 13.9. The van der Waals surface area contributed by atoms with Gasteiger partial charge in [-0.15, -0.1) is 0 Å². The number of rotatable bonds is 5. The van der Waals surface area contributed by atoms with Crippen molar-refractivity contribution in [3.63, 3.8) is 0 Å². The Morgan fingerprint density at radius 2 is 1.67 bits per heavy atom. The fourth-order valence-corrected chi connectivity index (χ4v) is 3.01. The highest BCUT2D eigenvalue weighted by atomic mass is 19.4. The van der Waals surface area contributed by atoms with Crippen molar-refractivity contribution < 1.29 is 17.9 Å². The van der Waals surface area contributed by atoms with Crippen LogP contribution in [0.1, 0.15) is 60.3 Å². The summed E-state index contributed by atoms with van der Waals surface area (Å²) in [5, 5.41) is 3.25. The van der Waals surface area contributed by atoms with E-state index in [9.17, 15) is 13.2 Å². The van der Waals surface area contributed by atoms with E-state index in [0.717, 1.165) is 12.8 Å². The maximum absolute atomic E-state index is 12.5. The first-order chi connectivity index (χ1) is 9.44. The highest BCUT2D eigenvalue weighted by Crippen LogP contribution is 2.43. The minimum atomic E-state index is -4.26. The van der Waals surface area contributed by atoms with Crippen LogP contribution in [0, 0.1) is 11.3 Å². The third kappa shape index (κ3) is 6.55. The Kier molecular flexibility index (Phi) is 6.13. The van der Waals surface area contributed by atoms with E-state index in [1.165, 1.54) is 0 Å². The quantitative estimate of drug-likeness (QED) is 0.805. The summed E-state index contributed by atoms with van der Waals surface area (Å²) in [5.41, 5.74) is -0.455. The molecule has 0 atom stereocenters. The van der Waals surface area contributed by atoms with Crippen molar-refractivity contribution in [1.82, 2.24) is 5.32 Å². The van der Waals surface area contributed by atoms with Crippen LogP contribution in [0.25, 0.3) is 0 Å². The summed E-state index contributed by atoms with van der Waals surface area (Å²) in [7, 11) is 0. The van der Waals surface area contributed by atoms with Crippen LogP contribution in [0.4, 0.5) is 13.2 Å². The van der Waals surface area contributed by atoms with E-state index >= 15 is 0 Å². The summed E-state index contributed by atoms with van der Waals surface area (Å²) in [6.45, 7) is 9.95. The molecule has 0 aromatic carbocycles. The van der Waals surface area contributed by atoms with Gasteiger partial charge in [-0.2, -0.15) is 13.2 Å². The molecule has 0 aromatic rings. The highest BCUT2D eigenvalue weighted by Gasteiger charge is 2.42. The molecular weight excluding hydrogens is 279 g/mol. The van der Waals surface area contributed by atoms with Gasteiger partial charge in [0.15, 0.2) is 0 Å². The standard InChI is InChI=1S/C16H30F3NO/c1-12(2)20-10-15(21-11-16(17,18)19)8-6-13(7-9-15)14(3,4)5/h12-13,20H,6-11H2,1-5H3. The smallest absolute Gasteiger partial charge is 0.364 e. The lowest BCUT2D eigenvalue weighted by molar-refractivity contribution is -0.212. The SMILES string of the molecule is CC(C)NCC1(OCC(F)(F)F)CCC(C(C)(C)C)CC1. The summed E-state index contributed by atoms with van der Waals surface area (Å²) in [6, 6.07) is 0.247. The van der Waals surface area contributed by atoms with Crippen molar-refractivity contribution in [2.75, 3.05) is 13.2 Å². The summed E-state index contributed by atoms with van der Waals surface area (Å²) in [5.74, 6) is 0.555. The third-order valence-corrected chi connectivity index (χ3v) is 4.50. The Labute approximate surface area is 126 Å². The van der Waals surface area contributed by atoms with Gasteiger partial charge in [0, 0.05) is 12.6 Å². The molecule has 0 saturated heterocycles. The molecule has 126 valence electrons. The Balaban J connectivity index is 2.67. The number of nitrogens with one attached hydrogen (secondary N) is 1. The van der Waals surface area contributed by atoms with E-state index in [1.54, 1.807) is 0 Å². The van der Waals surface area contributed by atoms with Crippen molar-refractivity contribution >= 4 is 0 Å². The largest absolute Gasteiger partial charge is 0.411 e. The molecule has 0 radical (unpaired) electrons. The number of hydrogen-bond acceptors (Lipinski definition) is 2. The van der Waals surface area contributed by atoms with Crippen LogP contribution < -0.4 is 5.32 Å². The lowest BCUT2D eigenvalue weighted by Crippen LogP contribution is -2.49. The lowest BCUT2D eigenvalue weighted by Gasteiger charge is -2.44. The second-order valence-electron chi connectivity index (χ2n) is 7.76. The van der Waals surface area contributed by atoms with Crippen LogP contribution in [0.2, 0.25) is 0 Å². The number of halogens is 3. The zero-order valence-electron chi connectivity index (χ0n) is 13.9. The van der Waals surface area contributed by atoms with Gasteiger partial charge in [-0.05, 0) is 37.0 Å². The van der Waals surface area contributed by atoms with E-state index in [1.807, 2.05) is 13.8 Å². The maximum Gasteiger partial charge on any atom is 0.411 e. The molecule has 0 heterocycles. The molecule has 1 saturated carbocycles. The predicted molar refractivity (Wildman–Crippen MR) is 79.3 cm³/mol. The molecule has 0 bridgehead atoms. The van der Waals surface area contributed by atoms with Gasteiger partial charge in [-0.3, -0.25) is 0 Å². The van der Waals surface area contributed by atoms with Gasteiger partial charge in [-0.1, -0.05) is 34.6 Å². The monoisotopic (exact) mass is 309 g/mol. The third-order valence-electron chi connectivity index (χ3n) is 4.50. The molecule has 0 unspecified atom stereocenters. The molecule has 1 N–H and O–H groups in total. The van der Waals surface area contributed by atoms with Gasteiger partial charge in [0.1, 0.15) is 6.61 Å². The molecule has 1 aliphatic rings. The van der Waals surface area contributed by atoms with Crippen molar-refractivity contribution in [3.8, 4) is 0 Å². The second kappa shape index (κ2) is 6.86. The number of hydrogen-bond donors (Lipinski definition) is 1. The number of alkyl halides is 3. The fraction of sp³-hybridized carbons (Fsp3) is 1.00. The Hall–Kier alpha value is -0.290. The van der Waals surface area contributed by atoms with Crippen LogP contribution in [-0.4, -0.2) is 31.0 Å². The Morgan fingerprint density at radius 1 is 1.14 bits per heavy atom.